The maximum atomic E-state index is 6.16. The number of rotatable bonds is 4. The number of hydrogen-bond acceptors (Lipinski definition) is 4. The molecule has 2 aromatic heterocycles. The highest BCUT2D eigenvalue weighted by atomic mass is 35.5. The van der Waals surface area contributed by atoms with Crippen LogP contribution in [-0.2, 0) is 20.1 Å². The maximum absolute atomic E-state index is 6.16. The van der Waals surface area contributed by atoms with Crippen molar-refractivity contribution in [3.05, 3.63) is 28.3 Å². The summed E-state index contributed by atoms with van der Waals surface area (Å²) < 4.78 is 3.43. The minimum atomic E-state index is 0.592. The molecule has 0 saturated heterocycles. The minimum absolute atomic E-state index is 0.592. The van der Waals surface area contributed by atoms with E-state index in [-0.39, 0.29) is 0 Å². The molecule has 0 unspecified atom stereocenters. The van der Waals surface area contributed by atoms with Crippen molar-refractivity contribution in [2.24, 2.45) is 7.05 Å². The molecule has 0 aliphatic carbocycles. The van der Waals surface area contributed by atoms with Crippen LogP contribution >= 0.6 is 11.6 Å². The normalized spacial score (nSPS) is 11.1. The summed E-state index contributed by atoms with van der Waals surface area (Å²) in [6, 6.07) is 0. The molecular weight excluding hydrogens is 240 g/mol. The number of nitrogens with zero attached hydrogens (tertiary/aromatic N) is 5. The van der Waals surface area contributed by atoms with Crippen molar-refractivity contribution in [3.8, 4) is 0 Å². The average Bonchev–Trinajstić information content (AvgIpc) is 2.81. The zero-order chi connectivity index (χ0) is 12.4. The third-order valence-electron chi connectivity index (χ3n) is 2.53. The van der Waals surface area contributed by atoms with Crippen molar-refractivity contribution in [1.29, 1.82) is 0 Å². The van der Waals surface area contributed by atoms with Gasteiger partial charge in [-0.05, 0) is 14.0 Å². The van der Waals surface area contributed by atoms with E-state index in [2.05, 4.69) is 20.7 Å². The fourth-order valence-electron chi connectivity index (χ4n) is 1.69. The molecule has 2 aromatic rings. The van der Waals surface area contributed by atoms with Crippen molar-refractivity contribution in [3.63, 3.8) is 0 Å². The Morgan fingerprint density at radius 3 is 2.82 bits per heavy atom. The van der Waals surface area contributed by atoms with E-state index in [0.29, 0.717) is 18.2 Å². The van der Waals surface area contributed by atoms with Crippen LogP contribution in [-0.4, -0.2) is 31.8 Å². The zero-order valence-electron chi connectivity index (χ0n) is 10.1. The van der Waals surface area contributed by atoms with Gasteiger partial charge in [0.15, 0.2) is 0 Å². The Morgan fingerprint density at radius 1 is 1.47 bits per heavy atom. The van der Waals surface area contributed by atoms with E-state index < -0.39 is 0 Å². The van der Waals surface area contributed by atoms with E-state index in [1.165, 1.54) is 0 Å². The van der Waals surface area contributed by atoms with Gasteiger partial charge in [-0.1, -0.05) is 16.8 Å². The van der Waals surface area contributed by atoms with Gasteiger partial charge in [-0.25, -0.2) is 4.68 Å². The first kappa shape index (κ1) is 12.1. The minimum Gasteiger partial charge on any atom is -0.314 e. The Balaban J connectivity index is 2.19. The molecule has 0 amide bonds. The lowest BCUT2D eigenvalue weighted by Gasteiger charge is -1.99. The number of nitrogens with one attached hydrogen (secondary N) is 1. The van der Waals surface area contributed by atoms with E-state index in [0.717, 1.165) is 17.0 Å². The van der Waals surface area contributed by atoms with Gasteiger partial charge in [0, 0.05) is 19.2 Å². The molecule has 6 nitrogen and oxygen atoms in total. The van der Waals surface area contributed by atoms with Gasteiger partial charge in [-0.3, -0.25) is 4.68 Å². The first-order valence-corrected chi connectivity index (χ1v) is 5.71. The van der Waals surface area contributed by atoms with Gasteiger partial charge in [0.2, 0.25) is 0 Å². The summed E-state index contributed by atoms with van der Waals surface area (Å²) in [5, 5.41) is 16.0. The number of aromatic nitrogens is 5. The Kier molecular flexibility index (Phi) is 3.44. The first-order valence-electron chi connectivity index (χ1n) is 5.33. The van der Waals surface area contributed by atoms with Gasteiger partial charge in [-0.15, -0.1) is 5.10 Å². The molecule has 7 heteroatoms. The fourth-order valence-corrected chi connectivity index (χ4v) is 1.93. The van der Waals surface area contributed by atoms with Gasteiger partial charge in [-0.2, -0.15) is 5.10 Å². The van der Waals surface area contributed by atoms with E-state index in [9.17, 15) is 0 Å². The molecule has 0 aromatic carbocycles. The molecule has 0 spiro atoms. The van der Waals surface area contributed by atoms with Crippen LogP contribution in [0.5, 0.6) is 0 Å². The molecule has 0 aliphatic heterocycles. The molecular formula is C10H15ClN6. The molecule has 2 rings (SSSR count). The smallest absolute Gasteiger partial charge is 0.132 e. The summed E-state index contributed by atoms with van der Waals surface area (Å²) in [6.07, 6.45) is 1.90. The fraction of sp³-hybridized carbons (Fsp3) is 0.500. The Hall–Kier alpha value is -1.40. The Labute approximate surface area is 105 Å². The van der Waals surface area contributed by atoms with Gasteiger partial charge >= 0.3 is 0 Å². The molecule has 1 N–H and O–H groups in total. The lowest BCUT2D eigenvalue weighted by atomic mass is 10.2. The second-order valence-electron chi connectivity index (χ2n) is 3.92. The monoisotopic (exact) mass is 254 g/mol. The summed E-state index contributed by atoms with van der Waals surface area (Å²) in [6.45, 7) is 3.24. The average molecular weight is 255 g/mol. The molecule has 0 aliphatic rings. The number of aryl methyl sites for hydroxylation is 2. The zero-order valence-corrected chi connectivity index (χ0v) is 10.9. The second kappa shape index (κ2) is 4.85. The van der Waals surface area contributed by atoms with E-state index in [1.54, 1.807) is 9.36 Å². The van der Waals surface area contributed by atoms with Gasteiger partial charge in [0.1, 0.15) is 5.15 Å². The first-order chi connectivity index (χ1) is 8.11. The highest BCUT2D eigenvalue weighted by Crippen LogP contribution is 2.19. The van der Waals surface area contributed by atoms with Crippen LogP contribution < -0.4 is 5.32 Å². The van der Waals surface area contributed by atoms with Crippen molar-refractivity contribution in [2.75, 3.05) is 7.05 Å². The van der Waals surface area contributed by atoms with E-state index >= 15 is 0 Å². The number of halogens is 1. The molecule has 0 saturated carbocycles. The predicted octanol–water partition coefficient (Wildman–Crippen LogP) is 0.741. The van der Waals surface area contributed by atoms with Gasteiger partial charge in [0.05, 0.1) is 24.1 Å². The highest BCUT2D eigenvalue weighted by Gasteiger charge is 2.12. The molecule has 0 fully saturated rings. The summed E-state index contributed by atoms with van der Waals surface area (Å²) in [5.41, 5.74) is 2.81. The van der Waals surface area contributed by atoms with Gasteiger partial charge in [0.25, 0.3) is 0 Å². The topological polar surface area (TPSA) is 60.6 Å². The quantitative estimate of drug-likeness (QED) is 0.874. The molecule has 0 radical (unpaired) electrons. The van der Waals surface area contributed by atoms with Crippen molar-refractivity contribution in [2.45, 2.75) is 20.0 Å². The van der Waals surface area contributed by atoms with Gasteiger partial charge < -0.3 is 5.32 Å². The maximum Gasteiger partial charge on any atom is 0.132 e. The SMILES string of the molecule is CNCc1cn(Cc2c(C)nn(C)c2Cl)nn1. The van der Waals surface area contributed by atoms with E-state index in [4.69, 9.17) is 11.6 Å². The molecule has 0 atom stereocenters. The van der Waals surface area contributed by atoms with Crippen LogP contribution in [0.4, 0.5) is 0 Å². The summed E-state index contributed by atoms with van der Waals surface area (Å²) in [7, 11) is 3.70. The number of hydrogen-bond donors (Lipinski definition) is 1. The van der Waals surface area contributed by atoms with Crippen LogP contribution in [0.15, 0.2) is 6.20 Å². The lowest BCUT2D eigenvalue weighted by Crippen LogP contribution is -2.05. The molecule has 92 valence electrons. The second-order valence-corrected chi connectivity index (χ2v) is 4.27. The summed E-state index contributed by atoms with van der Waals surface area (Å²) >= 11 is 6.16. The molecule has 17 heavy (non-hydrogen) atoms. The predicted molar refractivity (Wildman–Crippen MR) is 64.8 cm³/mol. The van der Waals surface area contributed by atoms with Crippen LogP contribution in [0.3, 0.4) is 0 Å². The Bertz CT molecular complexity index is 515. The van der Waals surface area contributed by atoms with Crippen molar-refractivity contribution in [1.82, 2.24) is 30.1 Å². The molecule has 2 heterocycles. The Morgan fingerprint density at radius 2 is 2.24 bits per heavy atom. The van der Waals surface area contributed by atoms with E-state index in [1.807, 2.05) is 27.2 Å². The standard InChI is InChI=1S/C10H15ClN6/c1-7-9(10(11)16(3)14-7)6-17-5-8(4-12-2)13-15-17/h5,12H,4,6H2,1-3H3. The highest BCUT2D eigenvalue weighted by molar-refractivity contribution is 6.30. The van der Waals surface area contributed by atoms with Crippen LogP contribution in [0, 0.1) is 6.92 Å². The van der Waals surface area contributed by atoms with Crippen molar-refractivity contribution >= 4 is 11.6 Å². The summed E-state index contributed by atoms with van der Waals surface area (Å²) in [5.74, 6) is 0. The van der Waals surface area contributed by atoms with Crippen molar-refractivity contribution < 1.29 is 0 Å². The van der Waals surface area contributed by atoms with Crippen LogP contribution in [0.25, 0.3) is 0 Å². The largest absolute Gasteiger partial charge is 0.314 e. The summed E-state index contributed by atoms with van der Waals surface area (Å²) in [4.78, 5) is 0. The lowest BCUT2D eigenvalue weighted by molar-refractivity contribution is 0.646. The third-order valence-corrected chi connectivity index (χ3v) is 3.01. The van der Waals surface area contributed by atoms with Crippen LogP contribution in [0.2, 0.25) is 5.15 Å². The van der Waals surface area contributed by atoms with Crippen LogP contribution in [0.1, 0.15) is 17.0 Å². The third kappa shape index (κ3) is 2.48. The molecule has 0 bridgehead atoms.